The first-order chi connectivity index (χ1) is 19.3. The molecule has 2 fully saturated rings. The van der Waals surface area contributed by atoms with E-state index in [1.165, 1.54) is 18.2 Å². The molecule has 4 aromatic rings. The number of aromatic nitrogens is 4. The summed E-state index contributed by atoms with van der Waals surface area (Å²) in [6.45, 7) is 12.8. The van der Waals surface area contributed by atoms with Gasteiger partial charge in [0.1, 0.15) is 22.8 Å². The average Bonchev–Trinajstić information content (AvgIpc) is 2.81. The second-order valence-electron chi connectivity index (χ2n) is 12.6. The number of anilines is 1. The third kappa shape index (κ3) is 5.23. The fourth-order valence-electron chi connectivity index (χ4n) is 5.65. The lowest BCUT2D eigenvalue weighted by atomic mass is 9.72. The van der Waals surface area contributed by atoms with Crippen LogP contribution in [-0.2, 0) is 4.79 Å². The van der Waals surface area contributed by atoms with Gasteiger partial charge < -0.3 is 9.80 Å². The van der Waals surface area contributed by atoms with E-state index in [0.29, 0.717) is 40.2 Å². The van der Waals surface area contributed by atoms with Gasteiger partial charge in [0.25, 0.3) is 0 Å². The molecule has 6 rings (SSSR count). The minimum absolute atomic E-state index is 0.0451. The van der Waals surface area contributed by atoms with Gasteiger partial charge in [-0.05, 0) is 55.7 Å². The molecule has 7 nitrogen and oxygen atoms in total. The van der Waals surface area contributed by atoms with Crippen molar-refractivity contribution in [1.82, 2.24) is 24.8 Å². The van der Waals surface area contributed by atoms with Crippen molar-refractivity contribution in [2.45, 2.75) is 41.0 Å². The molecule has 0 atom stereocenters. The molecule has 2 saturated heterocycles. The van der Waals surface area contributed by atoms with Crippen LogP contribution < -0.4 is 4.90 Å². The van der Waals surface area contributed by atoms with E-state index in [1.54, 1.807) is 12.1 Å². The van der Waals surface area contributed by atoms with Crippen LogP contribution in [0.25, 0.3) is 33.8 Å². The van der Waals surface area contributed by atoms with Gasteiger partial charge in [-0.15, -0.1) is 0 Å². The minimum atomic E-state index is -0.551. The van der Waals surface area contributed by atoms with Crippen molar-refractivity contribution >= 4 is 34.4 Å². The highest BCUT2D eigenvalue weighted by Crippen LogP contribution is 2.43. The van der Waals surface area contributed by atoms with E-state index >= 15 is 4.39 Å². The number of hydrogen-bond acceptors (Lipinski definition) is 6. The number of benzene rings is 2. The van der Waals surface area contributed by atoms with Crippen LogP contribution in [-0.4, -0.2) is 56.9 Å². The third-order valence-corrected chi connectivity index (χ3v) is 8.01. The molecule has 2 aromatic carbocycles. The van der Waals surface area contributed by atoms with Crippen LogP contribution in [0.1, 0.15) is 38.6 Å². The van der Waals surface area contributed by atoms with Gasteiger partial charge in [0.15, 0.2) is 11.5 Å². The molecule has 0 bridgehead atoms. The summed E-state index contributed by atoms with van der Waals surface area (Å²) in [5.74, 6) is -0.574. The number of hydrogen-bond donors (Lipinski definition) is 0. The van der Waals surface area contributed by atoms with Gasteiger partial charge in [-0.1, -0.05) is 32.4 Å². The molecule has 0 aliphatic carbocycles. The zero-order valence-electron chi connectivity index (χ0n) is 23.7. The van der Waals surface area contributed by atoms with Crippen LogP contribution in [0, 0.1) is 36.3 Å². The average molecular weight is 577 g/mol. The number of halogens is 3. The number of aryl methyl sites for hydroxylation is 2. The quantitative estimate of drug-likeness (QED) is 0.280. The molecule has 212 valence electrons. The fourth-order valence-corrected chi connectivity index (χ4v) is 5.81. The Labute approximate surface area is 242 Å². The molecule has 2 aromatic heterocycles. The predicted molar refractivity (Wildman–Crippen MR) is 156 cm³/mol. The number of carbonyl (C=O) groups excluding carboxylic acids is 1. The van der Waals surface area contributed by atoms with Crippen LogP contribution in [0.5, 0.6) is 0 Å². The van der Waals surface area contributed by atoms with E-state index < -0.39 is 11.6 Å². The number of amides is 1. The summed E-state index contributed by atoms with van der Waals surface area (Å²) in [5.41, 5.74) is 3.65. The van der Waals surface area contributed by atoms with Gasteiger partial charge in [0.05, 0.1) is 11.4 Å². The lowest BCUT2D eigenvalue weighted by Gasteiger charge is -2.61. The molecule has 10 heteroatoms. The van der Waals surface area contributed by atoms with Crippen molar-refractivity contribution in [2.24, 2.45) is 10.8 Å². The summed E-state index contributed by atoms with van der Waals surface area (Å²) in [5, 5.41) is 0.262. The highest BCUT2D eigenvalue weighted by molar-refractivity contribution is 6.30. The zero-order chi connectivity index (χ0) is 29.3. The van der Waals surface area contributed by atoms with Crippen LogP contribution >= 0.6 is 11.6 Å². The van der Waals surface area contributed by atoms with Crippen LogP contribution in [0.4, 0.5) is 14.5 Å². The van der Waals surface area contributed by atoms with Gasteiger partial charge >= 0.3 is 0 Å². The van der Waals surface area contributed by atoms with Crippen molar-refractivity contribution < 1.29 is 13.6 Å². The fraction of sp³-hybridized carbons (Fsp3) is 0.387. The van der Waals surface area contributed by atoms with Crippen LogP contribution in [0.2, 0.25) is 5.02 Å². The standard InChI is InChI=1S/C31H31ClF2N6O/c1-17-18(2)36-29-27(35-17)26(23-7-6-20(32)10-24(23)34)37-28(38-29)19-8-21(33)11-22(9-19)39-13-31(14-39)15-40(16-31)25(41)12-30(3,4)5/h6-11H,12-16H2,1-5H3. The van der Waals surface area contributed by atoms with Gasteiger partial charge in [-0.25, -0.2) is 28.7 Å². The van der Waals surface area contributed by atoms with Crippen molar-refractivity contribution in [1.29, 1.82) is 0 Å². The first kappa shape index (κ1) is 27.4. The number of fused-ring (bicyclic) bond motifs is 1. The Hall–Kier alpha value is -3.72. The second-order valence-corrected chi connectivity index (χ2v) is 13.1. The van der Waals surface area contributed by atoms with E-state index in [1.807, 2.05) is 24.8 Å². The third-order valence-electron chi connectivity index (χ3n) is 7.77. The van der Waals surface area contributed by atoms with Gasteiger partial charge in [0, 0.05) is 59.9 Å². The molecule has 2 aliphatic rings. The maximum Gasteiger partial charge on any atom is 0.223 e. The van der Waals surface area contributed by atoms with Crippen molar-refractivity contribution in [2.75, 3.05) is 31.1 Å². The summed E-state index contributed by atoms with van der Waals surface area (Å²) in [4.78, 5) is 35.1. The monoisotopic (exact) mass is 576 g/mol. The number of rotatable bonds is 4. The molecule has 1 amide bonds. The predicted octanol–water partition coefficient (Wildman–Crippen LogP) is 6.39. The highest BCUT2D eigenvalue weighted by atomic mass is 35.5. The smallest absolute Gasteiger partial charge is 0.223 e. The van der Waals surface area contributed by atoms with Gasteiger partial charge in [0.2, 0.25) is 5.91 Å². The summed E-state index contributed by atoms with van der Waals surface area (Å²) >= 11 is 6.00. The first-order valence-corrected chi connectivity index (χ1v) is 14.0. The van der Waals surface area contributed by atoms with Gasteiger partial charge in [-0.2, -0.15) is 0 Å². The van der Waals surface area contributed by atoms with Crippen molar-refractivity contribution in [3.05, 3.63) is 64.4 Å². The molecule has 0 radical (unpaired) electrons. The largest absolute Gasteiger partial charge is 0.370 e. The number of likely N-dealkylation sites (tertiary alicyclic amines) is 1. The second kappa shape index (κ2) is 9.69. The zero-order valence-corrected chi connectivity index (χ0v) is 24.5. The maximum absolute atomic E-state index is 15.1. The molecule has 0 saturated carbocycles. The Bertz CT molecular complexity index is 1710. The molecule has 0 N–H and O–H groups in total. The lowest BCUT2D eigenvalue weighted by molar-refractivity contribution is -0.147. The van der Waals surface area contributed by atoms with Crippen molar-refractivity contribution in [3.8, 4) is 22.6 Å². The SMILES string of the molecule is Cc1nc2nc(-c3cc(F)cc(N4CC5(CN(C(=O)CC(C)(C)C)C5)C4)c3)nc(-c3ccc(Cl)cc3F)c2nc1C. The molecule has 2 aliphatic heterocycles. The van der Waals surface area contributed by atoms with Crippen LogP contribution in [0.3, 0.4) is 0 Å². The number of carbonyl (C=O) groups is 1. The van der Waals surface area contributed by atoms with E-state index in [-0.39, 0.29) is 38.8 Å². The maximum atomic E-state index is 15.1. The van der Waals surface area contributed by atoms with E-state index in [9.17, 15) is 9.18 Å². The topological polar surface area (TPSA) is 75.1 Å². The molecule has 4 heterocycles. The Morgan fingerprint density at radius 1 is 0.951 bits per heavy atom. The lowest BCUT2D eigenvalue weighted by Crippen LogP contribution is -2.73. The summed E-state index contributed by atoms with van der Waals surface area (Å²) in [6.07, 6.45) is 0.525. The van der Waals surface area contributed by atoms with E-state index in [0.717, 1.165) is 26.2 Å². The normalized spacial score (nSPS) is 16.2. The molecule has 1 spiro atoms. The van der Waals surface area contributed by atoms with Crippen LogP contribution in [0.15, 0.2) is 36.4 Å². The summed E-state index contributed by atoms with van der Waals surface area (Å²) < 4.78 is 30.0. The summed E-state index contributed by atoms with van der Waals surface area (Å²) in [7, 11) is 0. The highest BCUT2D eigenvalue weighted by Gasteiger charge is 2.53. The molecule has 41 heavy (non-hydrogen) atoms. The Morgan fingerprint density at radius 3 is 2.34 bits per heavy atom. The van der Waals surface area contributed by atoms with E-state index in [2.05, 4.69) is 45.6 Å². The first-order valence-electron chi connectivity index (χ1n) is 13.6. The molecule has 0 unspecified atom stereocenters. The summed E-state index contributed by atoms with van der Waals surface area (Å²) in [6, 6.07) is 9.05. The Balaban J connectivity index is 1.31. The Morgan fingerprint density at radius 2 is 1.66 bits per heavy atom. The minimum Gasteiger partial charge on any atom is -0.370 e. The van der Waals surface area contributed by atoms with Gasteiger partial charge in [-0.3, -0.25) is 4.79 Å². The molecular weight excluding hydrogens is 546 g/mol. The Kier molecular flexibility index (Phi) is 6.48. The molecular formula is C31H31ClF2N6O. The van der Waals surface area contributed by atoms with Crippen molar-refractivity contribution in [3.63, 3.8) is 0 Å². The van der Waals surface area contributed by atoms with E-state index in [4.69, 9.17) is 11.6 Å². The number of nitrogens with zero attached hydrogens (tertiary/aromatic N) is 6.